The van der Waals surface area contributed by atoms with Crippen LogP contribution in [-0.4, -0.2) is 29.6 Å². The topological polar surface area (TPSA) is 76.4 Å². The molecule has 0 aliphatic carbocycles. The number of fused-ring (bicyclic) bond motifs is 1. The molecule has 1 aromatic carbocycles. The number of rotatable bonds is 7. The number of pyridine rings is 1. The van der Waals surface area contributed by atoms with Gasteiger partial charge in [0.05, 0.1) is 4.90 Å². The number of hydrogen-bond acceptors (Lipinski definition) is 4. The summed E-state index contributed by atoms with van der Waals surface area (Å²) < 4.78 is 29.3. The van der Waals surface area contributed by atoms with E-state index in [1.165, 1.54) is 0 Å². The molecule has 0 fully saturated rings. The monoisotopic (exact) mass is 358 g/mol. The van der Waals surface area contributed by atoms with Crippen molar-refractivity contribution in [2.45, 2.75) is 37.5 Å². The molecule has 2 aromatic heterocycles. The number of aromatic nitrogens is 3. The van der Waals surface area contributed by atoms with Crippen LogP contribution >= 0.6 is 0 Å². The molecule has 0 saturated carbocycles. The summed E-state index contributed by atoms with van der Waals surface area (Å²) in [5, 5.41) is 8.24. The Hall–Kier alpha value is -2.25. The molecule has 0 aliphatic rings. The molecule has 3 rings (SSSR count). The zero-order valence-corrected chi connectivity index (χ0v) is 15.2. The summed E-state index contributed by atoms with van der Waals surface area (Å²) in [6.45, 7) is 4.52. The molecule has 1 N–H and O–H groups in total. The molecule has 3 aromatic rings. The number of nitrogens with zero attached hydrogens (tertiary/aromatic N) is 3. The average molecular weight is 358 g/mol. The Kier molecular flexibility index (Phi) is 5.15. The first-order valence-electron chi connectivity index (χ1n) is 8.35. The van der Waals surface area contributed by atoms with Crippen molar-refractivity contribution >= 4 is 15.7 Å². The van der Waals surface area contributed by atoms with Crippen LogP contribution in [0.15, 0.2) is 53.6 Å². The van der Waals surface area contributed by atoms with Crippen LogP contribution in [-0.2, 0) is 16.4 Å². The standard InChI is InChI=1S/C18H22N4O2S/c1-14(2)15-8-10-16(11-9-15)25(23,24)19-12-5-7-18-21-20-17-6-3-4-13-22(17)18/h3-4,6,8-11,13-14,19H,5,7,12H2,1-2H3. The minimum Gasteiger partial charge on any atom is -0.286 e. The lowest BCUT2D eigenvalue weighted by Crippen LogP contribution is -2.25. The van der Waals surface area contributed by atoms with Crippen LogP contribution in [0.1, 0.15) is 37.6 Å². The summed E-state index contributed by atoms with van der Waals surface area (Å²) in [6, 6.07) is 12.8. The maximum absolute atomic E-state index is 12.3. The van der Waals surface area contributed by atoms with Crippen LogP contribution in [0.25, 0.3) is 5.65 Å². The number of nitrogens with one attached hydrogen (secondary N) is 1. The Morgan fingerprint density at radius 1 is 1.08 bits per heavy atom. The minimum atomic E-state index is -3.48. The van der Waals surface area contributed by atoms with Crippen LogP contribution in [0.2, 0.25) is 0 Å². The third-order valence-electron chi connectivity index (χ3n) is 4.11. The molecule has 0 unspecified atom stereocenters. The maximum Gasteiger partial charge on any atom is 0.240 e. The van der Waals surface area contributed by atoms with Crippen molar-refractivity contribution in [1.82, 2.24) is 19.3 Å². The van der Waals surface area contributed by atoms with Gasteiger partial charge in [0.15, 0.2) is 5.65 Å². The summed E-state index contributed by atoms with van der Waals surface area (Å²) in [6.07, 6.45) is 3.21. The van der Waals surface area contributed by atoms with Crippen LogP contribution < -0.4 is 4.72 Å². The molecule has 0 aliphatic heterocycles. The molecule has 2 heterocycles. The Morgan fingerprint density at radius 3 is 2.56 bits per heavy atom. The summed E-state index contributed by atoms with van der Waals surface area (Å²) in [7, 11) is -3.48. The van der Waals surface area contributed by atoms with Gasteiger partial charge in [-0.3, -0.25) is 4.40 Å². The van der Waals surface area contributed by atoms with E-state index in [1.807, 2.05) is 40.9 Å². The summed E-state index contributed by atoms with van der Waals surface area (Å²) >= 11 is 0. The largest absolute Gasteiger partial charge is 0.286 e. The number of hydrogen-bond donors (Lipinski definition) is 1. The second-order valence-electron chi connectivity index (χ2n) is 6.27. The number of benzene rings is 1. The second kappa shape index (κ2) is 7.33. The first-order chi connectivity index (χ1) is 12.0. The smallest absolute Gasteiger partial charge is 0.240 e. The van der Waals surface area contributed by atoms with E-state index in [0.29, 0.717) is 30.2 Å². The highest BCUT2D eigenvalue weighted by Gasteiger charge is 2.14. The van der Waals surface area contributed by atoms with Crippen LogP contribution in [0.5, 0.6) is 0 Å². The van der Waals surface area contributed by atoms with Gasteiger partial charge in [-0.15, -0.1) is 10.2 Å². The van der Waals surface area contributed by atoms with E-state index in [9.17, 15) is 8.42 Å². The van der Waals surface area contributed by atoms with E-state index < -0.39 is 10.0 Å². The highest BCUT2D eigenvalue weighted by atomic mass is 32.2. The van der Waals surface area contributed by atoms with E-state index in [-0.39, 0.29) is 0 Å². The lowest BCUT2D eigenvalue weighted by atomic mass is 10.0. The minimum absolute atomic E-state index is 0.296. The van der Waals surface area contributed by atoms with Gasteiger partial charge in [0, 0.05) is 19.2 Å². The Balaban J connectivity index is 1.57. The first-order valence-corrected chi connectivity index (χ1v) is 9.84. The SMILES string of the molecule is CC(C)c1ccc(S(=O)(=O)NCCCc2nnc3ccccn23)cc1. The van der Waals surface area contributed by atoms with Gasteiger partial charge in [0.2, 0.25) is 10.0 Å². The van der Waals surface area contributed by atoms with E-state index >= 15 is 0 Å². The van der Waals surface area contributed by atoms with Crippen molar-refractivity contribution < 1.29 is 8.42 Å². The Morgan fingerprint density at radius 2 is 1.84 bits per heavy atom. The molecule has 0 spiro atoms. The van der Waals surface area contributed by atoms with E-state index in [4.69, 9.17) is 0 Å². The highest BCUT2D eigenvalue weighted by Crippen LogP contribution is 2.17. The molecular weight excluding hydrogens is 336 g/mol. The fourth-order valence-electron chi connectivity index (χ4n) is 2.63. The zero-order valence-electron chi connectivity index (χ0n) is 14.4. The molecule has 0 atom stereocenters. The fraction of sp³-hybridized carbons (Fsp3) is 0.333. The fourth-order valence-corrected chi connectivity index (χ4v) is 3.70. The van der Waals surface area contributed by atoms with Crippen LogP contribution in [0, 0.1) is 0 Å². The molecule has 6 nitrogen and oxygen atoms in total. The van der Waals surface area contributed by atoms with E-state index in [1.54, 1.807) is 12.1 Å². The molecule has 0 radical (unpaired) electrons. The summed E-state index contributed by atoms with van der Waals surface area (Å²) in [5.74, 6) is 1.21. The zero-order chi connectivity index (χ0) is 17.9. The number of sulfonamides is 1. The summed E-state index contributed by atoms with van der Waals surface area (Å²) in [5.41, 5.74) is 1.92. The van der Waals surface area contributed by atoms with Crippen molar-refractivity contribution in [2.75, 3.05) is 6.54 Å². The predicted octanol–water partition coefficient (Wildman–Crippen LogP) is 2.76. The second-order valence-corrected chi connectivity index (χ2v) is 8.04. The van der Waals surface area contributed by atoms with Gasteiger partial charge in [0.25, 0.3) is 0 Å². The lowest BCUT2D eigenvalue weighted by Gasteiger charge is -2.09. The van der Waals surface area contributed by atoms with Gasteiger partial charge in [-0.2, -0.15) is 0 Å². The molecule has 0 saturated heterocycles. The van der Waals surface area contributed by atoms with Gasteiger partial charge >= 0.3 is 0 Å². The quantitative estimate of drug-likeness (QED) is 0.659. The molecule has 0 amide bonds. The molecule has 7 heteroatoms. The van der Waals surface area contributed by atoms with Crippen molar-refractivity contribution in [1.29, 1.82) is 0 Å². The third kappa shape index (κ3) is 4.05. The van der Waals surface area contributed by atoms with Crippen LogP contribution in [0.4, 0.5) is 0 Å². The molecular formula is C18H22N4O2S. The van der Waals surface area contributed by atoms with E-state index in [0.717, 1.165) is 17.0 Å². The van der Waals surface area contributed by atoms with E-state index in [2.05, 4.69) is 28.8 Å². The van der Waals surface area contributed by atoms with Gasteiger partial charge < -0.3 is 0 Å². The van der Waals surface area contributed by atoms with Crippen molar-refractivity contribution in [2.24, 2.45) is 0 Å². The Bertz CT molecular complexity index is 947. The summed E-state index contributed by atoms with van der Waals surface area (Å²) in [4.78, 5) is 0.296. The van der Waals surface area contributed by atoms with Gasteiger partial charge in [0.1, 0.15) is 5.82 Å². The van der Waals surface area contributed by atoms with Crippen molar-refractivity contribution in [3.8, 4) is 0 Å². The third-order valence-corrected chi connectivity index (χ3v) is 5.59. The average Bonchev–Trinajstić information content (AvgIpc) is 3.02. The molecule has 0 bridgehead atoms. The number of aryl methyl sites for hydroxylation is 1. The first kappa shape index (κ1) is 17.6. The molecule has 132 valence electrons. The predicted molar refractivity (Wildman–Crippen MR) is 97.0 cm³/mol. The Labute approximate surface area is 148 Å². The van der Waals surface area contributed by atoms with Gasteiger partial charge in [-0.25, -0.2) is 13.1 Å². The maximum atomic E-state index is 12.3. The lowest BCUT2D eigenvalue weighted by molar-refractivity contribution is 0.578. The molecule has 25 heavy (non-hydrogen) atoms. The van der Waals surface area contributed by atoms with Crippen molar-refractivity contribution in [3.05, 3.63) is 60.0 Å². The van der Waals surface area contributed by atoms with Gasteiger partial charge in [-0.1, -0.05) is 32.0 Å². The van der Waals surface area contributed by atoms with Gasteiger partial charge in [-0.05, 0) is 42.2 Å². The van der Waals surface area contributed by atoms with Crippen molar-refractivity contribution in [3.63, 3.8) is 0 Å². The highest BCUT2D eigenvalue weighted by molar-refractivity contribution is 7.89. The normalized spacial score (nSPS) is 12.1. The van der Waals surface area contributed by atoms with Crippen LogP contribution in [0.3, 0.4) is 0 Å².